The van der Waals surface area contributed by atoms with E-state index in [9.17, 15) is 4.79 Å². The molecule has 2 heterocycles. The SMILES string of the molecule is CC1O[C@@H]2CC(=O)O[C@@H]2[C@@H]1c1cccc2ccccc12. The number of carbonyl (C=O) groups is 1. The zero-order chi connectivity index (χ0) is 13.7. The third-order valence-corrected chi connectivity index (χ3v) is 4.43. The van der Waals surface area contributed by atoms with Crippen LogP contribution in [-0.4, -0.2) is 24.3 Å². The summed E-state index contributed by atoms with van der Waals surface area (Å²) >= 11 is 0. The third-order valence-electron chi connectivity index (χ3n) is 4.43. The van der Waals surface area contributed by atoms with Gasteiger partial charge in [-0.3, -0.25) is 4.79 Å². The summed E-state index contributed by atoms with van der Waals surface area (Å²) in [5.74, 6) is -0.0188. The molecular weight excluding hydrogens is 252 g/mol. The Morgan fingerprint density at radius 2 is 1.90 bits per heavy atom. The summed E-state index contributed by atoms with van der Waals surface area (Å²) in [7, 11) is 0. The van der Waals surface area contributed by atoms with E-state index in [4.69, 9.17) is 9.47 Å². The molecule has 2 saturated heterocycles. The van der Waals surface area contributed by atoms with Crippen LogP contribution in [0, 0.1) is 0 Å². The van der Waals surface area contributed by atoms with Gasteiger partial charge in [0, 0.05) is 0 Å². The molecule has 0 aromatic heterocycles. The smallest absolute Gasteiger partial charge is 0.308 e. The Morgan fingerprint density at radius 1 is 1.10 bits per heavy atom. The van der Waals surface area contributed by atoms with Crippen LogP contribution in [0.2, 0.25) is 0 Å². The lowest BCUT2D eigenvalue weighted by Crippen LogP contribution is -2.23. The first kappa shape index (κ1) is 11.9. The minimum absolute atomic E-state index is 0.0731. The molecule has 0 N–H and O–H groups in total. The van der Waals surface area contributed by atoms with Gasteiger partial charge >= 0.3 is 5.97 Å². The van der Waals surface area contributed by atoms with Crippen molar-refractivity contribution in [3.8, 4) is 0 Å². The highest BCUT2D eigenvalue weighted by molar-refractivity contribution is 5.86. The Hall–Kier alpha value is -1.87. The molecule has 0 aliphatic carbocycles. The average molecular weight is 268 g/mol. The average Bonchev–Trinajstić information content (AvgIpc) is 2.93. The van der Waals surface area contributed by atoms with Gasteiger partial charge in [0.05, 0.1) is 18.4 Å². The zero-order valence-corrected chi connectivity index (χ0v) is 11.3. The number of esters is 1. The van der Waals surface area contributed by atoms with Gasteiger partial charge < -0.3 is 9.47 Å². The van der Waals surface area contributed by atoms with Crippen molar-refractivity contribution < 1.29 is 14.3 Å². The van der Waals surface area contributed by atoms with Gasteiger partial charge in [0.15, 0.2) is 0 Å². The zero-order valence-electron chi connectivity index (χ0n) is 11.3. The minimum atomic E-state index is -0.142. The van der Waals surface area contributed by atoms with Gasteiger partial charge in [-0.2, -0.15) is 0 Å². The van der Waals surface area contributed by atoms with Gasteiger partial charge in [-0.1, -0.05) is 42.5 Å². The van der Waals surface area contributed by atoms with Gasteiger partial charge in [-0.05, 0) is 23.3 Å². The molecule has 2 aliphatic heterocycles. The molecule has 4 atom stereocenters. The molecule has 0 bridgehead atoms. The van der Waals surface area contributed by atoms with Crippen LogP contribution in [0.3, 0.4) is 0 Å². The molecule has 2 aliphatic rings. The van der Waals surface area contributed by atoms with Crippen LogP contribution in [0.25, 0.3) is 10.8 Å². The molecule has 0 spiro atoms. The molecule has 2 fully saturated rings. The number of rotatable bonds is 1. The van der Waals surface area contributed by atoms with E-state index in [1.54, 1.807) is 0 Å². The van der Waals surface area contributed by atoms with Crippen molar-refractivity contribution in [2.45, 2.75) is 37.6 Å². The Kier molecular flexibility index (Phi) is 2.57. The topological polar surface area (TPSA) is 35.5 Å². The second kappa shape index (κ2) is 4.32. The normalized spacial score (nSPS) is 32.4. The van der Waals surface area contributed by atoms with Gasteiger partial charge in [0.2, 0.25) is 0 Å². The summed E-state index contributed by atoms with van der Waals surface area (Å²) in [5.41, 5.74) is 1.22. The lowest BCUT2D eigenvalue weighted by molar-refractivity contribution is -0.142. The number of carbonyl (C=O) groups excluding carboxylic acids is 1. The molecule has 3 heteroatoms. The Balaban J connectivity index is 1.84. The molecular formula is C17H16O3. The van der Waals surface area contributed by atoms with Crippen molar-refractivity contribution in [2.75, 3.05) is 0 Å². The maximum atomic E-state index is 11.5. The third kappa shape index (κ3) is 1.66. The van der Waals surface area contributed by atoms with Gasteiger partial charge in [0.25, 0.3) is 0 Å². The van der Waals surface area contributed by atoms with Crippen LogP contribution in [0.15, 0.2) is 42.5 Å². The van der Waals surface area contributed by atoms with E-state index in [0.717, 1.165) is 0 Å². The van der Waals surface area contributed by atoms with Crippen LogP contribution in [0.1, 0.15) is 24.8 Å². The summed E-state index contributed by atoms with van der Waals surface area (Å²) in [4.78, 5) is 11.5. The minimum Gasteiger partial charge on any atom is -0.459 e. The Labute approximate surface area is 117 Å². The van der Waals surface area contributed by atoms with Crippen molar-refractivity contribution in [1.29, 1.82) is 0 Å². The van der Waals surface area contributed by atoms with E-state index < -0.39 is 0 Å². The van der Waals surface area contributed by atoms with Crippen molar-refractivity contribution >= 4 is 16.7 Å². The fourth-order valence-corrected chi connectivity index (χ4v) is 3.58. The second-order valence-corrected chi connectivity index (χ2v) is 5.63. The van der Waals surface area contributed by atoms with Crippen molar-refractivity contribution in [1.82, 2.24) is 0 Å². The fraction of sp³-hybridized carbons (Fsp3) is 0.353. The molecule has 2 aromatic carbocycles. The summed E-state index contributed by atoms with van der Waals surface area (Å²) in [6.45, 7) is 2.07. The maximum absolute atomic E-state index is 11.5. The molecule has 1 unspecified atom stereocenters. The monoisotopic (exact) mass is 268 g/mol. The second-order valence-electron chi connectivity index (χ2n) is 5.63. The number of hydrogen-bond donors (Lipinski definition) is 0. The quantitative estimate of drug-likeness (QED) is 0.746. The first-order valence-corrected chi connectivity index (χ1v) is 7.06. The lowest BCUT2D eigenvalue weighted by atomic mass is 9.86. The largest absolute Gasteiger partial charge is 0.459 e. The number of fused-ring (bicyclic) bond motifs is 2. The van der Waals surface area contributed by atoms with Crippen LogP contribution >= 0.6 is 0 Å². The summed E-state index contributed by atoms with van der Waals surface area (Å²) in [6, 6.07) is 14.6. The van der Waals surface area contributed by atoms with Gasteiger partial charge in [0.1, 0.15) is 12.2 Å². The van der Waals surface area contributed by atoms with E-state index in [0.29, 0.717) is 6.42 Å². The van der Waals surface area contributed by atoms with Crippen LogP contribution in [-0.2, 0) is 14.3 Å². The van der Waals surface area contributed by atoms with Crippen LogP contribution in [0.4, 0.5) is 0 Å². The van der Waals surface area contributed by atoms with Crippen LogP contribution in [0.5, 0.6) is 0 Å². The van der Waals surface area contributed by atoms with Crippen molar-refractivity contribution in [3.05, 3.63) is 48.0 Å². The number of ether oxygens (including phenoxy) is 2. The van der Waals surface area contributed by atoms with E-state index in [1.807, 2.05) is 12.1 Å². The number of hydrogen-bond acceptors (Lipinski definition) is 3. The summed E-state index contributed by atoms with van der Waals surface area (Å²) in [5, 5.41) is 2.43. The molecule has 102 valence electrons. The van der Waals surface area contributed by atoms with Crippen molar-refractivity contribution in [3.63, 3.8) is 0 Å². The first-order valence-electron chi connectivity index (χ1n) is 7.06. The van der Waals surface area contributed by atoms with Gasteiger partial charge in [-0.15, -0.1) is 0 Å². The Morgan fingerprint density at radius 3 is 2.80 bits per heavy atom. The van der Waals surface area contributed by atoms with Gasteiger partial charge in [-0.25, -0.2) is 0 Å². The predicted octanol–water partition coefficient (Wildman–Crippen LogP) is 3.03. The lowest BCUT2D eigenvalue weighted by Gasteiger charge is -2.21. The standard InChI is InChI=1S/C17H16O3/c1-10-16(17-14(19-10)9-15(18)20-17)13-8-4-6-11-5-2-3-7-12(11)13/h2-8,10,14,16-17H,9H2,1H3/t10?,14-,16+,17+/m1/s1. The highest BCUT2D eigenvalue weighted by atomic mass is 16.6. The van der Waals surface area contributed by atoms with E-state index in [-0.39, 0.29) is 30.2 Å². The van der Waals surface area contributed by atoms with Crippen molar-refractivity contribution in [2.24, 2.45) is 0 Å². The molecule has 0 saturated carbocycles. The molecule has 20 heavy (non-hydrogen) atoms. The molecule has 0 amide bonds. The molecule has 2 aromatic rings. The number of benzene rings is 2. The predicted molar refractivity (Wildman–Crippen MR) is 75.5 cm³/mol. The van der Waals surface area contributed by atoms with E-state index in [1.165, 1.54) is 16.3 Å². The van der Waals surface area contributed by atoms with Crippen LogP contribution < -0.4 is 0 Å². The molecule has 3 nitrogen and oxygen atoms in total. The van der Waals surface area contributed by atoms with E-state index >= 15 is 0 Å². The maximum Gasteiger partial charge on any atom is 0.308 e. The highest BCUT2D eigenvalue weighted by Gasteiger charge is 2.50. The molecule has 4 rings (SSSR count). The first-order chi connectivity index (χ1) is 9.74. The highest BCUT2D eigenvalue weighted by Crippen LogP contribution is 2.43. The fourth-order valence-electron chi connectivity index (χ4n) is 3.58. The van der Waals surface area contributed by atoms with E-state index in [2.05, 4.69) is 37.3 Å². The summed E-state index contributed by atoms with van der Waals surface area (Å²) in [6.07, 6.45) is 0.240. The Bertz CT molecular complexity index is 673. The molecule has 0 radical (unpaired) electrons. The summed E-state index contributed by atoms with van der Waals surface area (Å²) < 4.78 is 11.4.